The number of hydrogen-bond donors (Lipinski definition) is 2. The van der Waals surface area contributed by atoms with E-state index in [-0.39, 0.29) is 11.6 Å². The monoisotopic (exact) mass is 455 g/mol. The second kappa shape index (κ2) is 8.96. The maximum Gasteiger partial charge on any atom is 0.416 e. The summed E-state index contributed by atoms with van der Waals surface area (Å²) in [5.41, 5.74) is -2.09. The van der Waals surface area contributed by atoms with Crippen molar-refractivity contribution in [2.24, 2.45) is 0 Å². The van der Waals surface area contributed by atoms with E-state index in [1.165, 1.54) is 6.07 Å². The largest absolute Gasteiger partial charge is 0.436 e. The van der Waals surface area contributed by atoms with Crippen molar-refractivity contribution in [3.63, 3.8) is 0 Å². The summed E-state index contributed by atoms with van der Waals surface area (Å²) in [5, 5.41) is 3.88. The van der Waals surface area contributed by atoms with E-state index in [1.54, 1.807) is 5.32 Å². The van der Waals surface area contributed by atoms with E-state index in [0.29, 0.717) is 18.2 Å². The number of carbonyl (C=O) groups is 2. The quantitative estimate of drug-likeness (QED) is 0.526. The van der Waals surface area contributed by atoms with Crippen LogP contribution in [0.3, 0.4) is 0 Å². The van der Waals surface area contributed by atoms with Gasteiger partial charge in [-0.05, 0) is 36.4 Å². The molecular weight excluding hydrogens is 444 g/mol. The van der Waals surface area contributed by atoms with E-state index in [9.17, 15) is 35.9 Å². The molecule has 3 amide bonds. The standard InChI is InChI=1S/C20H11F6N3O3/c21-12-6-4-10(20(24,25)26)8-15(12)32-16-7-5-11(9-27-16)28-19(31)29-18(30)17-13(22)2-1-3-14(17)23/h1-9H,(H2,28,29,30,31). The van der Waals surface area contributed by atoms with Gasteiger partial charge in [-0.3, -0.25) is 10.1 Å². The van der Waals surface area contributed by atoms with Gasteiger partial charge in [0.05, 0.1) is 17.4 Å². The molecule has 0 saturated heterocycles. The lowest BCUT2D eigenvalue weighted by Crippen LogP contribution is -2.35. The Morgan fingerprint density at radius 2 is 1.59 bits per heavy atom. The van der Waals surface area contributed by atoms with Gasteiger partial charge in [0.1, 0.15) is 17.2 Å². The van der Waals surface area contributed by atoms with Crippen molar-refractivity contribution in [2.75, 3.05) is 5.32 Å². The zero-order chi connectivity index (χ0) is 23.5. The van der Waals surface area contributed by atoms with Crippen molar-refractivity contribution in [3.8, 4) is 11.6 Å². The smallest absolute Gasteiger partial charge is 0.416 e. The predicted molar refractivity (Wildman–Crippen MR) is 98.6 cm³/mol. The van der Waals surface area contributed by atoms with E-state index in [0.717, 1.165) is 30.5 Å². The summed E-state index contributed by atoms with van der Waals surface area (Å²) in [6.45, 7) is 0. The number of nitrogens with zero attached hydrogens (tertiary/aromatic N) is 1. The molecule has 12 heteroatoms. The van der Waals surface area contributed by atoms with Gasteiger partial charge in [0.2, 0.25) is 5.88 Å². The van der Waals surface area contributed by atoms with Crippen molar-refractivity contribution < 1.29 is 40.7 Å². The number of urea groups is 1. The number of aromatic nitrogens is 1. The number of anilines is 1. The molecule has 0 aliphatic heterocycles. The SMILES string of the molecule is O=C(NC(=O)c1c(F)cccc1F)Nc1ccc(Oc2cc(C(F)(F)F)ccc2F)nc1. The molecule has 2 aromatic carbocycles. The lowest BCUT2D eigenvalue weighted by molar-refractivity contribution is -0.137. The molecule has 1 aromatic heterocycles. The lowest BCUT2D eigenvalue weighted by Gasteiger charge is -2.11. The number of ether oxygens (including phenoxy) is 1. The molecule has 6 nitrogen and oxygen atoms in total. The second-order valence-corrected chi connectivity index (χ2v) is 6.14. The zero-order valence-electron chi connectivity index (χ0n) is 15.6. The summed E-state index contributed by atoms with van der Waals surface area (Å²) < 4.78 is 84.1. The Bertz CT molecular complexity index is 1150. The van der Waals surface area contributed by atoms with E-state index >= 15 is 0 Å². The highest BCUT2D eigenvalue weighted by molar-refractivity contribution is 6.08. The van der Waals surface area contributed by atoms with Crippen LogP contribution < -0.4 is 15.4 Å². The normalized spacial score (nSPS) is 11.1. The first-order valence-electron chi connectivity index (χ1n) is 8.61. The number of halogens is 6. The molecule has 0 aliphatic carbocycles. The number of imide groups is 1. The Hall–Kier alpha value is -4.09. The highest BCUT2D eigenvalue weighted by Gasteiger charge is 2.31. The summed E-state index contributed by atoms with van der Waals surface area (Å²) in [7, 11) is 0. The average molecular weight is 455 g/mol. The van der Waals surface area contributed by atoms with Gasteiger partial charge in [0, 0.05) is 6.07 Å². The van der Waals surface area contributed by atoms with Gasteiger partial charge in [-0.15, -0.1) is 0 Å². The fraction of sp³-hybridized carbons (Fsp3) is 0.0500. The summed E-state index contributed by atoms with van der Waals surface area (Å²) >= 11 is 0. The van der Waals surface area contributed by atoms with E-state index in [1.807, 2.05) is 0 Å². The third-order valence-electron chi connectivity index (χ3n) is 3.88. The van der Waals surface area contributed by atoms with Crippen LogP contribution in [0.2, 0.25) is 0 Å². The first-order valence-corrected chi connectivity index (χ1v) is 8.61. The lowest BCUT2D eigenvalue weighted by atomic mass is 10.2. The van der Waals surface area contributed by atoms with Crippen LogP contribution in [0.1, 0.15) is 15.9 Å². The highest BCUT2D eigenvalue weighted by Crippen LogP contribution is 2.34. The minimum atomic E-state index is -4.70. The summed E-state index contributed by atoms with van der Waals surface area (Å²) in [5.74, 6) is -5.73. The van der Waals surface area contributed by atoms with E-state index < -0.39 is 52.4 Å². The number of hydrogen-bond acceptors (Lipinski definition) is 4. The van der Waals surface area contributed by atoms with Gasteiger partial charge >= 0.3 is 12.2 Å². The van der Waals surface area contributed by atoms with Gasteiger partial charge in [0.25, 0.3) is 5.91 Å². The fourth-order valence-corrected chi connectivity index (χ4v) is 2.43. The van der Waals surface area contributed by atoms with Gasteiger partial charge in [-0.25, -0.2) is 22.9 Å². The predicted octanol–water partition coefficient (Wildman–Crippen LogP) is 5.27. The zero-order valence-corrected chi connectivity index (χ0v) is 15.6. The van der Waals surface area contributed by atoms with Crippen LogP contribution in [0.25, 0.3) is 0 Å². The van der Waals surface area contributed by atoms with Gasteiger partial charge in [-0.1, -0.05) is 6.07 Å². The molecule has 32 heavy (non-hydrogen) atoms. The first kappa shape index (κ1) is 22.6. The molecule has 0 atom stereocenters. The number of benzene rings is 2. The minimum absolute atomic E-state index is 0.0128. The number of pyridine rings is 1. The summed E-state index contributed by atoms with van der Waals surface area (Å²) in [4.78, 5) is 27.4. The topological polar surface area (TPSA) is 80.3 Å². The molecule has 0 radical (unpaired) electrons. The maximum atomic E-state index is 13.7. The molecule has 166 valence electrons. The van der Waals surface area contributed by atoms with Crippen molar-refractivity contribution in [1.82, 2.24) is 10.3 Å². The van der Waals surface area contributed by atoms with E-state index in [2.05, 4.69) is 10.3 Å². The molecule has 1 heterocycles. The molecular formula is C20H11F6N3O3. The molecule has 0 unspecified atom stereocenters. The Kier molecular flexibility index (Phi) is 6.32. The Labute approximate surface area is 175 Å². The van der Waals surface area contributed by atoms with Gasteiger partial charge in [-0.2, -0.15) is 13.2 Å². The van der Waals surface area contributed by atoms with Crippen molar-refractivity contribution in [1.29, 1.82) is 0 Å². The molecule has 0 spiro atoms. The Morgan fingerprint density at radius 3 is 2.19 bits per heavy atom. The fourth-order valence-electron chi connectivity index (χ4n) is 2.43. The van der Waals surface area contributed by atoms with Crippen LogP contribution in [0, 0.1) is 17.5 Å². The van der Waals surface area contributed by atoms with Crippen molar-refractivity contribution in [3.05, 3.63) is 83.3 Å². The molecule has 0 aliphatic rings. The first-order chi connectivity index (χ1) is 15.0. The average Bonchev–Trinajstić information content (AvgIpc) is 2.70. The van der Waals surface area contributed by atoms with Gasteiger partial charge in [0.15, 0.2) is 11.6 Å². The van der Waals surface area contributed by atoms with Gasteiger partial charge < -0.3 is 10.1 Å². The third-order valence-corrected chi connectivity index (χ3v) is 3.88. The van der Waals surface area contributed by atoms with Crippen molar-refractivity contribution >= 4 is 17.6 Å². The molecule has 0 saturated carbocycles. The highest BCUT2D eigenvalue weighted by atomic mass is 19.4. The Morgan fingerprint density at radius 1 is 0.906 bits per heavy atom. The molecule has 3 rings (SSSR count). The molecule has 2 N–H and O–H groups in total. The third kappa shape index (κ3) is 5.33. The molecule has 3 aromatic rings. The van der Waals surface area contributed by atoms with E-state index in [4.69, 9.17) is 4.74 Å². The van der Waals surface area contributed by atoms with Crippen molar-refractivity contribution in [2.45, 2.75) is 6.18 Å². The maximum absolute atomic E-state index is 13.7. The summed E-state index contributed by atoms with van der Waals surface area (Å²) in [6, 6.07) is 5.47. The number of rotatable bonds is 4. The Balaban J connectivity index is 1.65. The van der Waals surface area contributed by atoms with Crippen LogP contribution in [0.4, 0.5) is 36.8 Å². The van der Waals surface area contributed by atoms with Crippen LogP contribution in [-0.2, 0) is 6.18 Å². The van der Waals surface area contributed by atoms with Crippen LogP contribution in [0.15, 0.2) is 54.7 Å². The number of amides is 3. The minimum Gasteiger partial charge on any atom is -0.436 e. The number of alkyl halides is 3. The molecule has 0 fully saturated rings. The molecule has 0 bridgehead atoms. The van der Waals surface area contributed by atoms with Crippen LogP contribution in [0.5, 0.6) is 11.6 Å². The second-order valence-electron chi connectivity index (χ2n) is 6.14. The van der Waals surface area contributed by atoms with Crippen LogP contribution >= 0.6 is 0 Å². The number of carbonyl (C=O) groups excluding carboxylic acids is 2. The summed E-state index contributed by atoms with van der Waals surface area (Å²) in [6.07, 6.45) is -3.71. The van der Waals surface area contributed by atoms with Crippen LogP contribution in [-0.4, -0.2) is 16.9 Å². The number of nitrogens with one attached hydrogen (secondary N) is 2.